The molecule has 0 aliphatic carbocycles. The van der Waals surface area contributed by atoms with E-state index in [0.29, 0.717) is 12.4 Å². The summed E-state index contributed by atoms with van der Waals surface area (Å²) in [5, 5.41) is 8.41. The van der Waals surface area contributed by atoms with Gasteiger partial charge < -0.3 is 16.8 Å². The van der Waals surface area contributed by atoms with Crippen molar-refractivity contribution < 1.29 is 4.79 Å². The fourth-order valence-electron chi connectivity index (χ4n) is 2.76. The molecule has 0 aliphatic heterocycles. The topological polar surface area (TPSA) is 125 Å². The Morgan fingerprint density at radius 3 is 2.70 bits per heavy atom. The molecule has 0 atom stereocenters. The lowest BCUT2D eigenvalue weighted by Gasteiger charge is -2.17. The molecule has 2 aromatic heterocycles. The van der Waals surface area contributed by atoms with Crippen molar-refractivity contribution in [1.82, 2.24) is 25.1 Å². The standard InChI is InChI=1S/C19H25N7O/c1-19(2,3)17(27)22-7-4-8-26-15-6-5-12(9-13(15)10-24-26)14-11-23-18(21)25-16(14)20/h5-6,9-11H,4,7-8H2,1-3H3,(H,22,27)(H4,20,21,23,25). The molecular formula is C19H25N7O. The summed E-state index contributed by atoms with van der Waals surface area (Å²) in [5.41, 5.74) is 13.8. The minimum atomic E-state index is -0.373. The van der Waals surface area contributed by atoms with E-state index in [1.54, 1.807) is 6.20 Å². The minimum absolute atomic E-state index is 0.0563. The molecular weight excluding hydrogens is 342 g/mol. The number of hydrogen-bond donors (Lipinski definition) is 3. The fourth-order valence-corrected chi connectivity index (χ4v) is 2.76. The number of carbonyl (C=O) groups is 1. The first-order valence-corrected chi connectivity index (χ1v) is 8.88. The number of amides is 1. The number of rotatable bonds is 5. The van der Waals surface area contributed by atoms with E-state index in [1.807, 2.05) is 49.8 Å². The predicted molar refractivity (Wildman–Crippen MR) is 107 cm³/mol. The van der Waals surface area contributed by atoms with Crippen LogP contribution in [0.2, 0.25) is 0 Å². The number of nitrogen functional groups attached to an aromatic ring is 2. The summed E-state index contributed by atoms with van der Waals surface area (Å²) in [6.45, 7) is 7.05. The Labute approximate surface area is 158 Å². The zero-order chi connectivity index (χ0) is 19.6. The van der Waals surface area contributed by atoms with E-state index in [9.17, 15) is 4.79 Å². The van der Waals surface area contributed by atoms with Gasteiger partial charge in [-0.2, -0.15) is 10.1 Å². The highest BCUT2D eigenvalue weighted by atomic mass is 16.2. The highest BCUT2D eigenvalue weighted by molar-refractivity contribution is 5.86. The van der Waals surface area contributed by atoms with Crippen LogP contribution in [0.3, 0.4) is 0 Å². The molecule has 3 rings (SSSR count). The van der Waals surface area contributed by atoms with Gasteiger partial charge in [0, 0.05) is 35.7 Å². The lowest BCUT2D eigenvalue weighted by Crippen LogP contribution is -2.35. The van der Waals surface area contributed by atoms with Gasteiger partial charge in [-0.05, 0) is 24.1 Å². The molecule has 1 aromatic carbocycles. The molecule has 0 radical (unpaired) electrons. The second-order valence-corrected chi connectivity index (χ2v) is 7.53. The van der Waals surface area contributed by atoms with Crippen molar-refractivity contribution in [3.05, 3.63) is 30.6 Å². The largest absolute Gasteiger partial charge is 0.383 e. The molecule has 142 valence electrons. The maximum Gasteiger partial charge on any atom is 0.225 e. The van der Waals surface area contributed by atoms with Gasteiger partial charge in [0.05, 0.1) is 11.7 Å². The summed E-state index contributed by atoms with van der Waals surface area (Å²) in [5.74, 6) is 0.563. The fraction of sp³-hybridized carbons (Fsp3) is 0.368. The van der Waals surface area contributed by atoms with Crippen LogP contribution in [0.1, 0.15) is 27.2 Å². The molecule has 3 aromatic rings. The number of aromatic nitrogens is 4. The normalized spacial score (nSPS) is 11.7. The van der Waals surface area contributed by atoms with Crippen LogP contribution in [0.4, 0.5) is 11.8 Å². The number of benzene rings is 1. The van der Waals surface area contributed by atoms with Gasteiger partial charge in [0.1, 0.15) is 5.82 Å². The number of anilines is 2. The number of nitrogens with one attached hydrogen (secondary N) is 1. The van der Waals surface area contributed by atoms with Crippen molar-refractivity contribution in [2.24, 2.45) is 5.41 Å². The summed E-state index contributed by atoms with van der Waals surface area (Å²) in [6, 6.07) is 5.97. The monoisotopic (exact) mass is 367 g/mol. The van der Waals surface area contributed by atoms with Crippen LogP contribution < -0.4 is 16.8 Å². The van der Waals surface area contributed by atoms with Gasteiger partial charge in [0.2, 0.25) is 11.9 Å². The molecule has 0 fully saturated rings. The van der Waals surface area contributed by atoms with Gasteiger partial charge in [-0.3, -0.25) is 9.48 Å². The smallest absolute Gasteiger partial charge is 0.225 e. The number of aryl methyl sites for hydroxylation is 1. The van der Waals surface area contributed by atoms with Crippen LogP contribution in [0.5, 0.6) is 0 Å². The molecule has 8 nitrogen and oxygen atoms in total. The van der Waals surface area contributed by atoms with Crippen LogP contribution in [0.25, 0.3) is 22.0 Å². The highest BCUT2D eigenvalue weighted by Gasteiger charge is 2.20. The van der Waals surface area contributed by atoms with E-state index >= 15 is 0 Å². The van der Waals surface area contributed by atoms with Crippen LogP contribution in [0.15, 0.2) is 30.6 Å². The van der Waals surface area contributed by atoms with Crippen LogP contribution >= 0.6 is 0 Å². The van der Waals surface area contributed by atoms with Crippen LogP contribution in [0, 0.1) is 5.41 Å². The first kappa shape index (κ1) is 18.6. The number of carbonyl (C=O) groups excluding carboxylic acids is 1. The van der Waals surface area contributed by atoms with Crippen molar-refractivity contribution in [3.63, 3.8) is 0 Å². The molecule has 0 spiro atoms. The van der Waals surface area contributed by atoms with Gasteiger partial charge in [-0.15, -0.1) is 0 Å². The highest BCUT2D eigenvalue weighted by Crippen LogP contribution is 2.27. The van der Waals surface area contributed by atoms with Crippen molar-refractivity contribution in [2.45, 2.75) is 33.7 Å². The third-order valence-corrected chi connectivity index (χ3v) is 4.30. The van der Waals surface area contributed by atoms with Crippen molar-refractivity contribution >= 4 is 28.6 Å². The molecule has 5 N–H and O–H groups in total. The van der Waals surface area contributed by atoms with E-state index < -0.39 is 0 Å². The van der Waals surface area contributed by atoms with Crippen molar-refractivity contribution in [2.75, 3.05) is 18.0 Å². The summed E-state index contributed by atoms with van der Waals surface area (Å²) >= 11 is 0. The average Bonchev–Trinajstić information content (AvgIpc) is 3.00. The maximum atomic E-state index is 11.9. The summed E-state index contributed by atoms with van der Waals surface area (Å²) in [6.07, 6.45) is 4.25. The first-order chi connectivity index (χ1) is 12.8. The van der Waals surface area contributed by atoms with Gasteiger partial charge in [0.15, 0.2) is 0 Å². The zero-order valence-corrected chi connectivity index (χ0v) is 15.9. The van der Waals surface area contributed by atoms with E-state index in [0.717, 1.165) is 35.0 Å². The van der Waals surface area contributed by atoms with E-state index in [4.69, 9.17) is 11.5 Å². The predicted octanol–water partition coefficient (Wildman–Crippen LogP) is 2.21. The molecule has 0 aliphatic rings. The Hall–Kier alpha value is -3.16. The number of fused-ring (bicyclic) bond motifs is 1. The molecule has 1 amide bonds. The first-order valence-electron chi connectivity index (χ1n) is 8.88. The van der Waals surface area contributed by atoms with Crippen LogP contribution in [-0.4, -0.2) is 32.2 Å². The maximum absolute atomic E-state index is 11.9. The second-order valence-electron chi connectivity index (χ2n) is 7.53. The summed E-state index contributed by atoms with van der Waals surface area (Å²) in [7, 11) is 0. The number of nitrogens with zero attached hydrogens (tertiary/aromatic N) is 4. The number of nitrogens with two attached hydrogens (primary N) is 2. The molecule has 8 heteroatoms. The lowest BCUT2D eigenvalue weighted by molar-refractivity contribution is -0.128. The Balaban J connectivity index is 1.70. The molecule has 27 heavy (non-hydrogen) atoms. The summed E-state index contributed by atoms with van der Waals surface area (Å²) < 4.78 is 1.94. The van der Waals surface area contributed by atoms with E-state index in [1.165, 1.54) is 0 Å². The van der Waals surface area contributed by atoms with Gasteiger partial charge in [0.25, 0.3) is 0 Å². The van der Waals surface area contributed by atoms with Crippen molar-refractivity contribution in [3.8, 4) is 11.1 Å². The molecule has 0 saturated heterocycles. The quantitative estimate of drug-likeness (QED) is 0.594. The third kappa shape index (κ3) is 4.16. The Bertz CT molecular complexity index is 972. The second kappa shape index (κ2) is 7.22. The SMILES string of the molecule is CC(C)(C)C(=O)NCCCn1ncc2cc(-c3cnc(N)nc3N)ccc21. The van der Waals surface area contributed by atoms with E-state index in [-0.39, 0.29) is 17.3 Å². The zero-order valence-electron chi connectivity index (χ0n) is 15.9. The minimum Gasteiger partial charge on any atom is -0.383 e. The Morgan fingerprint density at radius 2 is 2.00 bits per heavy atom. The van der Waals surface area contributed by atoms with E-state index in [2.05, 4.69) is 20.4 Å². The van der Waals surface area contributed by atoms with Gasteiger partial charge in [-0.25, -0.2) is 4.98 Å². The Kier molecular flexibility index (Phi) is 4.98. The molecule has 0 saturated carbocycles. The molecule has 0 unspecified atom stereocenters. The third-order valence-electron chi connectivity index (χ3n) is 4.30. The van der Waals surface area contributed by atoms with Gasteiger partial charge >= 0.3 is 0 Å². The Morgan fingerprint density at radius 1 is 1.22 bits per heavy atom. The van der Waals surface area contributed by atoms with Gasteiger partial charge in [-0.1, -0.05) is 26.8 Å². The van der Waals surface area contributed by atoms with Crippen LogP contribution in [-0.2, 0) is 11.3 Å². The molecule has 0 bridgehead atoms. The summed E-state index contributed by atoms with van der Waals surface area (Å²) in [4.78, 5) is 19.9. The number of hydrogen-bond acceptors (Lipinski definition) is 6. The average molecular weight is 367 g/mol. The molecule has 2 heterocycles. The van der Waals surface area contributed by atoms with Crippen molar-refractivity contribution in [1.29, 1.82) is 0 Å². The lowest BCUT2D eigenvalue weighted by atomic mass is 9.96.